The standard InChI is InChI=1S/C23H32N6/c1-3-10-29-17-25-26-22(29)20-15-27(2)16-23(20)7-11-28(12-8-23)14-18-4-5-21-19(13-18)6-9-24-21/h4-6,9,13,17,20,24H,3,7-8,10-12,14-16H2,1-2H3. The minimum absolute atomic E-state index is 0.342. The first-order valence-corrected chi connectivity index (χ1v) is 11.0. The van der Waals surface area contributed by atoms with Gasteiger partial charge in [0.15, 0.2) is 0 Å². The molecule has 0 bridgehead atoms. The monoisotopic (exact) mass is 392 g/mol. The van der Waals surface area contributed by atoms with Crippen molar-refractivity contribution in [3.8, 4) is 0 Å². The normalized spacial score (nSPS) is 22.8. The Morgan fingerprint density at radius 2 is 2.07 bits per heavy atom. The molecule has 2 aliphatic rings. The number of nitrogens with one attached hydrogen (secondary N) is 1. The number of hydrogen-bond donors (Lipinski definition) is 1. The van der Waals surface area contributed by atoms with Crippen LogP contribution in [0.15, 0.2) is 36.8 Å². The Hall–Kier alpha value is -2.18. The fourth-order valence-electron chi connectivity index (χ4n) is 5.64. The van der Waals surface area contributed by atoms with E-state index in [1.807, 2.05) is 12.5 Å². The summed E-state index contributed by atoms with van der Waals surface area (Å²) >= 11 is 0. The summed E-state index contributed by atoms with van der Waals surface area (Å²) in [4.78, 5) is 8.42. The summed E-state index contributed by atoms with van der Waals surface area (Å²) in [5.74, 6) is 1.71. The van der Waals surface area contributed by atoms with E-state index in [9.17, 15) is 0 Å². The van der Waals surface area contributed by atoms with Crippen LogP contribution in [-0.2, 0) is 13.1 Å². The van der Waals surface area contributed by atoms with E-state index < -0.39 is 0 Å². The lowest BCUT2D eigenvalue weighted by Gasteiger charge is -2.42. The maximum absolute atomic E-state index is 4.58. The smallest absolute Gasteiger partial charge is 0.137 e. The van der Waals surface area contributed by atoms with Gasteiger partial charge in [-0.15, -0.1) is 10.2 Å². The second-order valence-corrected chi connectivity index (χ2v) is 9.17. The number of fused-ring (bicyclic) bond motifs is 1. The van der Waals surface area contributed by atoms with Crippen LogP contribution in [0.3, 0.4) is 0 Å². The van der Waals surface area contributed by atoms with E-state index in [1.54, 1.807) is 0 Å². The summed E-state index contributed by atoms with van der Waals surface area (Å²) in [5.41, 5.74) is 2.98. The summed E-state index contributed by atoms with van der Waals surface area (Å²) in [5, 5.41) is 10.2. The van der Waals surface area contributed by atoms with E-state index in [1.165, 1.54) is 41.7 Å². The Morgan fingerprint density at radius 3 is 2.90 bits per heavy atom. The average Bonchev–Trinajstić information content (AvgIpc) is 3.43. The van der Waals surface area contributed by atoms with Crippen molar-refractivity contribution in [3.63, 3.8) is 0 Å². The SMILES string of the molecule is CCCn1cnnc1C1CN(C)CC12CCN(Cc1ccc3[nH]ccc3c1)CC2. The van der Waals surface area contributed by atoms with Gasteiger partial charge in [-0.05, 0) is 74.0 Å². The quantitative estimate of drug-likeness (QED) is 0.722. The summed E-state index contributed by atoms with van der Waals surface area (Å²) in [6, 6.07) is 8.96. The van der Waals surface area contributed by atoms with Gasteiger partial charge in [-0.25, -0.2) is 0 Å². The van der Waals surface area contributed by atoms with Crippen molar-refractivity contribution in [1.29, 1.82) is 0 Å². The maximum Gasteiger partial charge on any atom is 0.137 e. The van der Waals surface area contributed by atoms with Gasteiger partial charge in [-0.1, -0.05) is 13.0 Å². The predicted octanol–water partition coefficient (Wildman–Crippen LogP) is 3.48. The van der Waals surface area contributed by atoms with Crippen LogP contribution in [0.4, 0.5) is 0 Å². The molecule has 0 aliphatic carbocycles. The molecule has 4 heterocycles. The van der Waals surface area contributed by atoms with E-state index in [0.717, 1.165) is 39.1 Å². The molecule has 1 aromatic carbocycles. The highest BCUT2D eigenvalue weighted by atomic mass is 15.3. The topological polar surface area (TPSA) is 53.0 Å². The molecule has 1 spiro atoms. The molecular formula is C23H32N6. The molecule has 1 atom stereocenters. The van der Waals surface area contributed by atoms with Gasteiger partial charge in [-0.2, -0.15) is 0 Å². The van der Waals surface area contributed by atoms with Crippen molar-refractivity contribution in [3.05, 3.63) is 48.2 Å². The molecule has 1 N–H and O–H groups in total. The minimum Gasteiger partial charge on any atom is -0.361 e. The lowest BCUT2D eigenvalue weighted by Crippen LogP contribution is -2.43. The van der Waals surface area contributed by atoms with Crippen molar-refractivity contribution in [2.75, 3.05) is 33.2 Å². The first kappa shape index (κ1) is 18.8. The fraction of sp³-hybridized carbons (Fsp3) is 0.565. The molecular weight excluding hydrogens is 360 g/mol. The maximum atomic E-state index is 4.58. The van der Waals surface area contributed by atoms with Crippen LogP contribution in [0.25, 0.3) is 10.9 Å². The second-order valence-electron chi connectivity index (χ2n) is 9.17. The largest absolute Gasteiger partial charge is 0.361 e. The highest BCUT2D eigenvalue weighted by Crippen LogP contribution is 2.49. The van der Waals surface area contributed by atoms with Crippen LogP contribution in [0.5, 0.6) is 0 Å². The highest BCUT2D eigenvalue weighted by molar-refractivity contribution is 5.79. The van der Waals surface area contributed by atoms with Crippen molar-refractivity contribution < 1.29 is 0 Å². The number of aromatic nitrogens is 4. The number of nitrogens with zero attached hydrogens (tertiary/aromatic N) is 5. The van der Waals surface area contributed by atoms with Crippen LogP contribution >= 0.6 is 0 Å². The first-order valence-electron chi connectivity index (χ1n) is 11.0. The van der Waals surface area contributed by atoms with Gasteiger partial charge in [0.05, 0.1) is 0 Å². The van der Waals surface area contributed by atoms with Gasteiger partial charge < -0.3 is 14.5 Å². The first-order chi connectivity index (χ1) is 14.2. The van der Waals surface area contributed by atoms with Crippen LogP contribution in [-0.4, -0.2) is 62.8 Å². The van der Waals surface area contributed by atoms with Crippen LogP contribution in [0, 0.1) is 5.41 Å². The lowest BCUT2D eigenvalue weighted by molar-refractivity contribution is 0.0912. The average molecular weight is 393 g/mol. The minimum atomic E-state index is 0.342. The van der Waals surface area contributed by atoms with Gasteiger partial charge >= 0.3 is 0 Å². The molecule has 2 saturated heterocycles. The third-order valence-corrected chi connectivity index (χ3v) is 7.12. The zero-order valence-electron chi connectivity index (χ0n) is 17.6. The molecule has 2 aromatic heterocycles. The van der Waals surface area contributed by atoms with Gasteiger partial charge in [0.1, 0.15) is 12.2 Å². The van der Waals surface area contributed by atoms with Crippen LogP contribution in [0.1, 0.15) is 43.5 Å². The molecule has 0 amide bonds. The van der Waals surface area contributed by atoms with Crippen molar-refractivity contribution in [2.24, 2.45) is 5.41 Å². The number of benzene rings is 1. The number of H-pyrrole nitrogens is 1. The van der Waals surface area contributed by atoms with E-state index in [4.69, 9.17) is 0 Å². The third kappa shape index (κ3) is 3.49. The summed E-state index contributed by atoms with van der Waals surface area (Å²) in [6.07, 6.45) is 7.56. The number of piperidine rings is 1. The molecule has 6 nitrogen and oxygen atoms in total. The van der Waals surface area contributed by atoms with Gasteiger partial charge in [0.2, 0.25) is 0 Å². The van der Waals surface area contributed by atoms with Crippen LogP contribution < -0.4 is 0 Å². The number of aromatic amines is 1. The molecule has 154 valence electrons. The fourth-order valence-corrected chi connectivity index (χ4v) is 5.64. The number of likely N-dealkylation sites (tertiary alicyclic amines) is 2. The molecule has 6 heteroatoms. The molecule has 0 saturated carbocycles. The Balaban J connectivity index is 1.30. The Morgan fingerprint density at radius 1 is 1.21 bits per heavy atom. The van der Waals surface area contributed by atoms with Gasteiger partial charge in [0, 0.05) is 43.8 Å². The van der Waals surface area contributed by atoms with Crippen LogP contribution in [0.2, 0.25) is 0 Å². The molecule has 2 fully saturated rings. The molecule has 2 aliphatic heterocycles. The molecule has 1 unspecified atom stereocenters. The van der Waals surface area contributed by atoms with Gasteiger partial charge in [0.25, 0.3) is 0 Å². The molecule has 5 rings (SSSR count). The number of hydrogen-bond acceptors (Lipinski definition) is 4. The predicted molar refractivity (Wildman–Crippen MR) is 116 cm³/mol. The summed E-state index contributed by atoms with van der Waals surface area (Å²) in [6.45, 7) is 8.90. The van der Waals surface area contributed by atoms with Crippen molar-refractivity contribution in [1.82, 2.24) is 29.5 Å². The van der Waals surface area contributed by atoms with E-state index in [-0.39, 0.29) is 0 Å². The molecule has 3 aromatic rings. The third-order valence-electron chi connectivity index (χ3n) is 7.12. The Kier molecular flexibility index (Phi) is 4.92. The van der Waals surface area contributed by atoms with E-state index in [2.05, 4.69) is 67.8 Å². The number of likely N-dealkylation sites (N-methyl/N-ethyl adjacent to an activating group) is 1. The van der Waals surface area contributed by atoms with Gasteiger partial charge in [-0.3, -0.25) is 4.90 Å². The lowest BCUT2D eigenvalue weighted by atomic mass is 9.70. The Labute approximate surface area is 172 Å². The Bertz CT molecular complexity index is 965. The number of aryl methyl sites for hydroxylation is 1. The second kappa shape index (κ2) is 7.58. The summed E-state index contributed by atoms with van der Waals surface area (Å²) < 4.78 is 2.30. The molecule has 0 radical (unpaired) electrons. The number of rotatable bonds is 5. The summed E-state index contributed by atoms with van der Waals surface area (Å²) in [7, 11) is 2.26. The van der Waals surface area contributed by atoms with Crippen molar-refractivity contribution in [2.45, 2.75) is 45.2 Å². The molecule has 29 heavy (non-hydrogen) atoms. The van der Waals surface area contributed by atoms with E-state index in [0.29, 0.717) is 11.3 Å². The van der Waals surface area contributed by atoms with E-state index >= 15 is 0 Å². The van der Waals surface area contributed by atoms with Crippen molar-refractivity contribution >= 4 is 10.9 Å². The zero-order valence-corrected chi connectivity index (χ0v) is 17.6. The zero-order chi connectivity index (χ0) is 19.8. The highest BCUT2D eigenvalue weighted by Gasteiger charge is 2.49.